The summed E-state index contributed by atoms with van der Waals surface area (Å²) in [6.45, 7) is 0. The van der Waals surface area contributed by atoms with Gasteiger partial charge in [0.15, 0.2) is 0 Å². The maximum Gasteiger partial charge on any atom is 0.345 e. The number of nitrogens with zero attached hydrogens (tertiary/aromatic N) is 1. The predicted molar refractivity (Wildman–Crippen MR) is 72.3 cm³/mol. The fraction of sp³-hybridized carbons (Fsp3) is 0. The van der Waals surface area contributed by atoms with Gasteiger partial charge >= 0.3 is 5.97 Å². The summed E-state index contributed by atoms with van der Waals surface area (Å²) in [5.41, 5.74) is 0.318. The van der Waals surface area contributed by atoms with E-state index in [1.165, 1.54) is 36.4 Å². The average molecular weight is 292 g/mol. The van der Waals surface area contributed by atoms with E-state index in [4.69, 9.17) is 5.11 Å². The van der Waals surface area contributed by atoms with Crippen LogP contribution in [0.5, 0.6) is 0 Å². The minimum atomic E-state index is -1.09. The van der Waals surface area contributed by atoms with Crippen LogP contribution in [0.15, 0.2) is 36.4 Å². The number of hydrogen-bond donors (Lipinski definition) is 2. The lowest BCUT2D eigenvalue weighted by atomic mass is 10.3. The molecule has 2 N–H and O–H groups in total. The fourth-order valence-electron chi connectivity index (χ4n) is 1.43. The monoisotopic (exact) mass is 292 g/mol. The third kappa shape index (κ3) is 2.98. The van der Waals surface area contributed by atoms with Gasteiger partial charge < -0.3 is 10.4 Å². The normalized spacial score (nSPS) is 10.0. The molecule has 1 heterocycles. The lowest BCUT2D eigenvalue weighted by molar-refractivity contribution is -0.384. The number of carbonyl (C=O) groups is 2. The van der Waals surface area contributed by atoms with E-state index in [0.29, 0.717) is 5.69 Å². The Kier molecular flexibility index (Phi) is 3.76. The largest absolute Gasteiger partial charge is 0.477 e. The molecule has 102 valence electrons. The van der Waals surface area contributed by atoms with Crippen LogP contribution in [0.3, 0.4) is 0 Å². The van der Waals surface area contributed by atoms with Crippen molar-refractivity contribution >= 4 is 34.6 Å². The van der Waals surface area contributed by atoms with Gasteiger partial charge in [0.1, 0.15) is 4.88 Å². The van der Waals surface area contributed by atoms with Crippen LogP contribution < -0.4 is 5.32 Å². The van der Waals surface area contributed by atoms with E-state index in [1.54, 1.807) is 0 Å². The van der Waals surface area contributed by atoms with Crippen molar-refractivity contribution in [2.75, 3.05) is 5.32 Å². The Morgan fingerprint density at radius 3 is 2.20 bits per heavy atom. The quantitative estimate of drug-likeness (QED) is 0.665. The van der Waals surface area contributed by atoms with Crippen molar-refractivity contribution in [2.45, 2.75) is 0 Å². The van der Waals surface area contributed by atoms with E-state index in [1.807, 2.05) is 0 Å². The molecule has 0 unspecified atom stereocenters. The van der Waals surface area contributed by atoms with E-state index in [2.05, 4.69) is 5.32 Å². The number of carboxylic acids is 1. The molecule has 0 spiro atoms. The number of carboxylic acid groups (broad SMARTS) is 1. The second kappa shape index (κ2) is 5.49. The number of aromatic carboxylic acids is 1. The number of amides is 1. The number of rotatable bonds is 4. The van der Waals surface area contributed by atoms with Gasteiger partial charge in [0.25, 0.3) is 11.6 Å². The summed E-state index contributed by atoms with van der Waals surface area (Å²) in [7, 11) is 0. The number of nitro groups is 1. The lowest BCUT2D eigenvalue weighted by Crippen LogP contribution is -2.09. The number of nitrogens with one attached hydrogen (secondary N) is 1. The fourth-order valence-corrected chi connectivity index (χ4v) is 2.17. The van der Waals surface area contributed by atoms with E-state index in [9.17, 15) is 19.7 Å². The predicted octanol–water partition coefficient (Wildman–Crippen LogP) is 2.61. The number of anilines is 1. The van der Waals surface area contributed by atoms with Gasteiger partial charge in [-0.3, -0.25) is 14.9 Å². The Morgan fingerprint density at radius 1 is 1.10 bits per heavy atom. The maximum atomic E-state index is 11.8. The number of nitro benzene ring substituents is 1. The average Bonchev–Trinajstić information content (AvgIpc) is 2.89. The van der Waals surface area contributed by atoms with Crippen LogP contribution in [0.4, 0.5) is 11.4 Å². The molecule has 7 nitrogen and oxygen atoms in total. The minimum Gasteiger partial charge on any atom is -0.477 e. The second-order valence-corrected chi connectivity index (χ2v) is 4.81. The Balaban J connectivity index is 2.10. The zero-order valence-electron chi connectivity index (χ0n) is 9.90. The van der Waals surface area contributed by atoms with Gasteiger partial charge in [0.2, 0.25) is 0 Å². The Labute approximate surface area is 116 Å². The van der Waals surface area contributed by atoms with Crippen molar-refractivity contribution < 1.29 is 19.6 Å². The molecule has 2 rings (SSSR count). The highest BCUT2D eigenvalue weighted by Crippen LogP contribution is 2.20. The molecule has 0 aliphatic carbocycles. The van der Waals surface area contributed by atoms with Crippen LogP contribution in [-0.4, -0.2) is 21.9 Å². The van der Waals surface area contributed by atoms with Crippen molar-refractivity contribution in [2.24, 2.45) is 0 Å². The number of thiophene rings is 1. The zero-order chi connectivity index (χ0) is 14.7. The van der Waals surface area contributed by atoms with Crippen LogP contribution in [-0.2, 0) is 0 Å². The van der Waals surface area contributed by atoms with Crippen LogP contribution in [0.25, 0.3) is 0 Å². The number of non-ortho nitro benzene ring substituents is 1. The molecule has 1 aromatic carbocycles. The smallest absolute Gasteiger partial charge is 0.345 e. The highest BCUT2D eigenvalue weighted by atomic mass is 32.1. The molecule has 0 aliphatic rings. The highest BCUT2D eigenvalue weighted by molar-refractivity contribution is 7.15. The first-order valence-electron chi connectivity index (χ1n) is 5.36. The number of carbonyl (C=O) groups excluding carboxylic acids is 1. The molecule has 0 saturated carbocycles. The van der Waals surface area contributed by atoms with E-state index in [0.717, 1.165) is 11.3 Å². The highest BCUT2D eigenvalue weighted by Gasteiger charge is 2.13. The summed E-state index contributed by atoms with van der Waals surface area (Å²) >= 11 is 0.857. The summed E-state index contributed by atoms with van der Waals surface area (Å²) in [5, 5.41) is 21.8. The molecule has 0 atom stereocenters. The van der Waals surface area contributed by atoms with Gasteiger partial charge in [-0.25, -0.2) is 4.79 Å². The minimum absolute atomic E-state index is 0.0684. The van der Waals surface area contributed by atoms with Gasteiger partial charge in [0, 0.05) is 17.8 Å². The molecule has 0 radical (unpaired) electrons. The van der Waals surface area contributed by atoms with Gasteiger partial charge in [-0.05, 0) is 24.3 Å². The third-order valence-electron chi connectivity index (χ3n) is 2.38. The summed E-state index contributed by atoms with van der Waals surface area (Å²) in [5.74, 6) is -1.55. The Bertz CT molecular complexity index is 677. The molecule has 2 aromatic rings. The molecular formula is C12H8N2O5S. The Morgan fingerprint density at radius 2 is 1.70 bits per heavy atom. The summed E-state index contributed by atoms with van der Waals surface area (Å²) in [6, 6.07) is 8.11. The van der Waals surface area contributed by atoms with Crippen molar-refractivity contribution in [3.05, 3.63) is 56.3 Å². The van der Waals surface area contributed by atoms with E-state index >= 15 is 0 Å². The summed E-state index contributed by atoms with van der Waals surface area (Å²) in [6.07, 6.45) is 0. The molecule has 8 heteroatoms. The van der Waals surface area contributed by atoms with Crippen molar-refractivity contribution in [1.82, 2.24) is 0 Å². The number of benzene rings is 1. The van der Waals surface area contributed by atoms with Gasteiger partial charge in [-0.15, -0.1) is 11.3 Å². The maximum absolute atomic E-state index is 11.8. The summed E-state index contributed by atoms with van der Waals surface area (Å²) in [4.78, 5) is 32.8. The van der Waals surface area contributed by atoms with Gasteiger partial charge in [-0.1, -0.05) is 0 Å². The first-order valence-corrected chi connectivity index (χ1v) is 6.18. The van der Waals surface area contributed by atoms with Gasteiger partial charge in [-0.2, -0.15) is 0 Å². The topological polar surface area (TPSA) is 110 Å². The molecule has 1 amide bonds. The van der Waals surface area contributed by atoms with Crippen molar-refractivity contribution in [3.8, 4) is 0 Å². The van der Waals surface area contributed by atoms with Crippen molar-refractivity contribution in [3.63, 3.8) is 0 Å². The summed E-state index contributed by atoms with van der Waals surface area (Å²) < 4.78 is 0. The lowest BCUT2D eigenvalue weighted by Gasteiger charge is -2.02. The molecule has 0 fully saturated rings. The third-order valence-corrected chi connectivity index (χ3v) is 3.45. The van der Waals surface area contributed by atoms with E-state index < -0.39 is 16.8 Å². The Hall–Kier alpha value is -2.74. The molecule has 1 aromatic heterocycles. The zero-order valence-corrected chi connectivity index (χ0v) is 10.7. The first-order chi connectivity index (χ1) is 9.47. The molecule has 0 aliphatic heterocycles. The molecular weight excluding hydrogens is 284 g/mol. The van der Waals surface area contributed by atoms with Crippen molar-refractivity contribution in [1.29, 1.82) is 0 Å². The number of hydrogen-bond acceptors (Lipinski definition) is 5. The standard InChI is InChI=1S/C12H8N2O5S/c15-11(9-5-6-10(20-9)12(16)17)13-7-1-3-8(4-2-7)14(18)19/h1-6H,(H,13,15)(H,16,17). The molecule has 20 heavy (non-hydrogen) atoms. The van der Waals surface area contributed by atoms with Crippen LogP contribution in [0.2, 0.25) is 0 Å². The van der Waals surface area contributed by atoms with Crippen LogP contribution >= 0.6 is 11.3 Å². The molecule has 0 bridgehead atoms. The van der Waals surface area contributed by atoms with Crippen LogP contribution in [0, 0.1) is 10.1 Å². The van der Waals surface area contributed by atoms with E-state index in [-0.39, 0.29) is 15.4 Å². The van der Waals surface area contributed by atoms with Gasteiger partial charge in [0.05, 0.1) is 9.80 Å². The SMILES string of the molecule is O=C(O)c1ccc(C(=O)Nc2ccc([N+](=O)[O-])cc2)s1. The first kappa shape index (κ1) is 13.7. The second-order valence-electron chi connectivity index (χ2n) is 3.73. The molecule has 0 saturated heterocycles. The van der Waals surface area contributed by atoms with Crippen LogP contribution in [0.1, 0.15) is 19.3 Å².